The number of piperazine rings is 1. The Kier molecular flexibility index (Phi) is 7.14. The molecule has 0 unspecified atom stereocenters. The highest BCUT2D eigenvalue weighted by atomic mass is 32.2. The van der Waals surface area contributed by atoms with E-state index < -0.39 is 10.0 Å². The van der Waals surface area contributed by atoms with Crippen molar-refractivity contribution in [2.24, 2.45) is 0 Å². The van der Waals surface area contributed by atoms with Crippen LogP contribution < -0.4 is 10.1 Å². The molecule has 3 aromatic carbocycles. The van der Waals surface area contributed by atoms with Crippen LogP contribution in [0.15, 0.2) is 71.6 Å². The van der Waals surface area contributed by atoms with Gasteiger partial charge < -0.3 is 15.0 Å². The van der Waals surface area contributed by atoms with E-state index in [0.717, 1.165) is 10.8 Å². The first-order valence-corrected chi connectivity index (χ1v) is 12.6. The number of nitrogens with zero attached hydrogens (tertiary/aromatic N) is 2. The fourth-order valence-corrected chi connectivity index (χ4v) is 5.35. The molecule has 0 spiro atoms. The molecule has 34 heavy (non-hydrogen) atoms. The van der Waals surface area contributed by atoms with E-state index in [1.165, 1.54) is 4.31 Å². The molecule has 1 aliphatic rings. The van der Waals surface area contributed by atoms with Crippen LogP contribution in [0.3, 0.4) is 0 Å². The molecule has 1 saturated heterocycles. The molecule has 1 N–H and O–H groups in total. The largest absolute Gasteiger partial charge is 0.494 e. The maximum absolute atomic E-state index is 13.1. The normalized spacial score (nSPS) is 14.7. The van der Waals surface area contributed by atoms with Crippen molar-refractivity contribution >= 4 is 32.6 Å². The third-order valence-corrected chi connectivity index (χ3v) is 7.67. The molecule has 2 amide bonds. The Morgan fingerprint density at radius 3 is 2.26 bits per heavy atom. The number of hydrogen-bond donors (Lipinski definition) is 1. The molecule has 0 aliphatic carbocycles. The number of carbonyl (C=O) groups excluding carboxylic acids is 2. The lowest BCUT2D eigenvalue weighted by Gasteiger charge is -2.34. The van der Waals surface area contributed by atoms with Gasteiger partial charge in [-0.15, -0.1) is 0 Å². The summed E-state index contributed by atoms with van der Waals surface area (Å²) < 4.78 is 33.0. The molecule has 8 nitrogen and oxygen atoms in total. The van der Waals surface area contributed by atoms with Crippen molar-refractivity contribution in [1.29, 1.82) is 0 Å². The summed E-state index contributed by atoms with van der Waals surface area (Å²) in [5.74, 6) is 0.0718. The number of hydrogen-bond acceptors (Lipinski definition) is 5. The zero-order valence-corrected chi connectivity index (χ0v) is 19.8. The lowest BCUT2D eigenvalue weighted by molar-refractivity contribution is -0.131. The van der Waals surface area contributed by atoms with Crippen molar-refractivity contribution in [1.82, 2.24) is 14.5 Å². The van der Waals surface area contributed by atoms with Crippen LogP contribution in [-0.4, -0.2) is 68.8 Å². The summed E-state index contributed by atoms with van der Waals surface area (Å²) in [6.45, 7) is 3.21. The van der Waals surface area contributed by atoms with Gasteiger partial charge in [0.25, 0.3) is 5.91 Å². The van der Waals surface area contributed by atoms with E-state index in [1.54, 1.807) is 47.4 Å². The topological polar surface area (TPSA) is 96.0 Å². The number of sulfonamides is 1. The Morgan fingerprint density at radius 1 is 0.912 bits per heavy atom. The van der Waals surface area contributed by atoms with Crippen LogP contribution in [0.2, 0.25) is 0 Å². The third kappa shape index (κ3) is 5.21. The number of nitrogens with one attached hydrogen (secondary N) is 1. The van der Waals surface area contributed by atoms with E-state index in [0.29, 0.717) is 17.9 Å². The number of carbonyl (C=O) groups is 2. The molecule has 0 saturated carbocycles. The lowest BCUT2D eigenvalue weighted by atomic mass is 10.1. The monoisotopic (exact) mass is 481 g/mol. The van der Waals surface area contributed by atoms with Crippen LogP contribution in [0.5, 0.6) is 5.75 Å². The van der Waals surface area contributed by atoms with Gasteiger partial charge in [-0.2, -0.15) is 4.31 Å². The van der Waals surface area contributed by atoms with Crippen LogP contribution in [0, 0.1) is 0 Å². The van der Waals surface area contributed by atoms with Gasteiger partial charge in [-0.25, -0.2) is 8.42 Å². The Labute approximate surface area is 199 Å². The van der Waals surface area contributed by atoms with E-state index in [4.69, 9.17) is 4.74 Å². The van der Waals surface area contributed by atoms with E-state index >= 15 is 0 Å². The summed E-state index contributed by atoms with van der Waals surface area (Å²) in [5.41, 5.74) is 0.433. The van der Waals surface area contributed by atoms with Gasteiger partial charge in [-0.3, -0.25) is 9.59 Å². The van der Waals surface area contributed by atoms with Crippen LogP contribution in [0.1, 0.15) is 17.3 Å². The smallest absolute Gasteiger partial charge is 0.251 e. The number of ether oxygens (including phenoxy) is 1. The predicted octanol–water partition coefficient (Wildman–Crippen LogP) is 2.50. The van der Waals surface area contributed by atoms with Gasteiger partial charge in [-0.05, 0) is 54.1 Å². The predicted molar refractivity (Wildman–Crippen MR) is 129 cm³/mol. The third-order valence-electron chi connectivity index (χ3n) is 5.78. The van der Waals surface area contributed by atoms with Crippen LogP contribution in [0.25, 0.3) is 10.8 Å². The highest BCUT2D eigenvalue weighted by Crippen LogP contribution is 2.23. The maximum atomic E-state index is 13.1. The SMILES string of the molecule is CCOc1ccc(C(=O)NCC(=O)N2CCN(S(=O)(=O)c3ccc4ccccc4c3)CC2)cc1. The molecule has 9 heteroatoms. The number of fused-ring (bicyclic) bond motifs is 1. The quantitative estimate of drug-likeness (QED) is 0.559. The Hall–Kier alpha value is -3.43. The lowest BCUT2D eigenvalue weighted by Crippen LogP contribution is -2.52. The number of benzene rings is 3. The van der Waals surface area contributed by atoms with Crippen LogP contribution in [0.4, 0.5) is 0 Å². The number of amides is 2. The summed E-state index contributed by atoms with van der Waals surface area (Å²) >= 11 is 0. The minimum absolute atomic E-state index is 0.149. The summed E-state index contributed by atoms with van der Waals surface area (Å²) in [6, 6.07) is 19.4. The average molecular weight is 482 g/mol. The molecule has 3 aromatic rings. The highest BCUT2D eigenvalue weighted by Gasteiger charge is 2.30. The van der Waals surface area contributed by atoms with Crippen molar-refractivity contribution in [2.75, 3.05) is 39.3 Å². The van der Waals surface area contributed by atoms with Crippen molar-refractivity contribution in [3.05, 3.63) is 72.3 Å². The van der Waals surface area contributed by atoms with Crippen molar-refractivity contribution in [3.8, 4) is 5.75 Å². The zero-order chi connectivity index (χ0) is 24.1. The second kappa shape index (κ2) is 10.2. The maximum Gasteiger partial charge on any atom is 0.251 e. The minimum atomic E-state index is -3.66. The fourth-order valence-electron chi connectivity index (χ4n) is 3.89. The fraction of sp³-hybridized carbons (Fsp3) is 0.280. The number of rotatable bonds is 7. The second-order valence-electron chi connectivity index (χ2n) is 7.93. The van der Waals surface area contributed by atoms with Gasteiger partial charge in [0.2, 0.25) is 15.9 Å². The van der Waals surface area contributed by atoms with E-state index in [-0.39, 0.29) is 49.4 Å². The van der Waals surface area contributed by atoms with Gasteiger partial charge >= 0.3 is 0 Å². The van der Waals surface area contributed by atoms with Gasteiger partial charge in [0, 0.05) is 31.7 Å². The van der Waals surface area contributed by atoms with Crippen LogP contribution in [-0.2, 0) is 14.8 Å². The zero-order valence-electron chi connectivity index (χ0n) is 18.9. The van der Waals surface area contributed by atoms with Crippen molar-refractivity contribution in [3.63, 3.8) is 0 Å². The molecule has 0 aromatic heterocycles. The molecule has 0 atom stereocenters. The molecule has 0 radical (unpaired) electrons. The Morgan fingerprint density at radius 2 is 1.59 bits per heavy atom. The summed E-state index contributed by atoms with van der Waals surface area (Å²) in [6.07, 6.45) is 0. The average Bonchev–Trinajstić information content (AvgIpc) is 2.87. The standard InChI is InChI=1S/C25H27N3O5S/c1-2-33-22-10-7-20(8-11-22)25(30)26-18-24(29)27-13-15-28(16-14-27)34(31,32)23-12-9-19-5-3-4-6-21(19)17-23/h3-12,17H,2,13-16,18H2,1H3,(H,26,30). The van der Waals surface area contributed by atoms with Crippen molar-refractivity contribution in [2.45, 2.75) is 11.8 Å². The highest BCUT2D eigenvalue weighted by molar-refractivity contribution is 7.89. The first-order chi connectivity index (χ1) is 16.4. The molecular formula is C25H27N3O5S. The molecule has 178 valence electrons. The molecule has 1 heterocycles. The van der Waals surface area contributed by atoms with Gasteiger partial charge in [0.1, 0.15) is 5.75 Å². The molecule has 1 fully saturated rings. The Balaban J connectivity index is 1.31. The van der Waals surface area contributed by atoms with E-state index in [9.17, 15) is 18.0 Å². The molecule has 0 bridgehead atoms. The molecule has 1 aliphatic heterocycles. The first-order valence-electron chi connectivity index (χ1n) is 11.2. The summed E-state index contributed by atoms with van der Waals surface area (Å²) in [4.78, 5) is 26.7. The Bertz CT molecular complexity index is 1280. The first kappa shape index (κ1) is 23.7. The summed E-state index contributed by atoms with van der Waals surface area (Å²) in [7, 11) is -3.66. The van der Waals surface area contributed by atoms with Gasteiger partial charge in [-0.1, -0.05) is 30.3 Å². The molecular weight excluding hydrogens is 454 g/mol. The second-order valence-corrected chi connectivity index (χ2v) is 9.87. The summed E-state index contributed by atoms with van der Waals surface area (Å²) in [5, 5.41) is 4.47. The van der Waals surface area contributed by atoms with Gasteiger partial charge in [0.05, 0.1) is 18.0 Å². The van der Waals surface area contributed by atoms with E-state index in [1.807, 2.05) is 31.2 Å². The molecule has 4 rings (SSSR count). The van der Waals surface area contributed by atoms with E-state index in [2.05, 4.69) is 5.32 Å². The van der Waals surface area contributed by atoms with Gasteiger partial charge in [0.15, 0.2) is 0 Å². The minimum Gasteiger partial charge on any atom is -0.494 e. The van der Waals surface area contributed by atoms with Crippen LogP contribution >= 0.6 is 0 Å². The van der Waals surface area contributed by atoms with Crippen molar-refractivity contribution < 1.29 is 22.7 Å².